The van der Waals surface area contributed by atoms with Crippen molar-refractivity contribution in [1.29, 1.82) is 0 Å². The molecule has 126 valence electrons. The minimum absolute atomic E-state index is 0.00741. The highest BCUT2D eigenvalue weighted by Crippen LogP contribution is 2.41. The minimum Gasteiger partial charge on any atom is -0.388 e. The second kappa shape index (κ2) is 5.74. The smallest absolute Gasteiger partial charge is 0.152 e. The van der Waals surface area contributed by atoms with Crippen LogP contribution in [-0.4, -0.2) is 25.2 Å². The third kappa shape index (κ3) is 2.26. The van der Waals surface area contributed by atoms with E-state index in [0.29, 0.717) is 5.82 Å². The largest absolute Gasteiger partial charge is 0.388 e. The molecule has 1 atom stereocenters. The van der Waals surface area contributed by atoms with E-state index in [1.54, 1.807) is 0 Å². The van der Waals surface area contributed by atoms with Gasteiger partial charge in [-0.05, 0) is 25.3 Å². The monoisotopic (exact) mass is 324 g/mol. The number of rotatable bonds is 3. The van der Waals surface area contributed by atoms with E-state index in [2.05, 4.69) is 27.5 Å². The molecule has 1 aliphatic carbocycles. The second-order valence-corrected chi connectivity index (χ2v) is 6.95. The molecular formula is C19H24N4O. The van der Waals surface area contributed by atoms with Gasteiger partial charge in [-0.25, -0.2) is 9.97 Å². The molecule has 5 heteroatoms. The van der Waals surface area contributed by atoms with Gasteiger partial charge in [-0.15, -0.1) is 0 Å². The number of nitrogen functional groups attached to an aromatic ring is 1. The van der Waals surface area contributed by atoms with E-state index < -0.39 is 5.60 Å². The maximum Gasteiger partial charge on any atom is 0.152 e. The van der Waals surface area contributed by atoms with Gasteiger partial charge in [0.05, 0.1) is 29.0 Å². The van der Waals surface area contributed by atoms with Crippen molar-refractivity contribution in [2.45, 2.75) is 57.1 Å². The first kappa shape index (κ1) is 15.4. The number of aromatic nitrogens is 3. The maximum absolute atomic E-state index is 11.3. The molecule has 0 radical (unpaired) electrons. The Bertz CT molecular complexity index is 880. The second-order valence-electron chi connectivity index (χ2n) is 6.95. The fourth-order valence-electron chi connectivity index (χ4n) is 4.34. The predicted octanol–water partition coefficient (Wildman–Crippen LogP) is 3.81. The molecule has 2 aromatic heterocycles. The zero-order chi connectivity index (χ0) is 16.7. The fourth-order valence-corrected chi connectivity index (χ4v) is 4.34. The van der Waals surface area contributed by atoms with Gasteiger partial charge >= 0.3 is 0 Å². The Morgan fingerprint density at radius 2 is 2.00 bits per heavy atom. The highest BCUT2D eigenvalue weighted by atomic mass is 16.3. The van der Waals surface area contributed by atoms with Crippen molar-refractivity contribution in [3.8, 4) is 0 Å². The average molecular weight is 324 g/mol. The Hall–Kier alpha value is -2.14. The number of para-hydroxylation sites is 1. The first-order valence-corrected chi connectivity index (χ1v) is 8.87. The van der Waals surface area contributed by atoms with Gasteiger partial charge in [-0.3, -0.25) is 0 Å². The molecule has 2 heterocycles. The minimum atomic E-state index is -0.667. The van der Waals surface area contributed by atoms with Gasteiger partial charge < -0.3 is 15.4 Å². The number of fused-ring (bicyclic) bond motifs is 3. The predicted molar refractivity (Wildman–Crippen MR) is 96.8 cm³/mol. The van der Waals surface area contributed by atoms with Gasteiger partial charge in [-0.1, -0.05) is 44.4 Å². The summed E-state index contributed by atoms with van der Waals surface area (Å²) in [6.07, 6.45) is 7.78. The number of benzene rings is 1. The third-order valence-electron chi connectivity index (χ3n) is 5.50. The van der Waals surface area contributed by atoms with Gasteiger partial charge in [0.25, 0.3) is 0 Å². The van der Waals surface area contributed by atoms with Crippen molar-refractivity contribution >= 4 is 27.8 Å². The summed E-state index contributed by atoms with van der Waals surface area (Å²) in [5.41, 5.74) is 8.06. The number of hydrogen-bond donors (Lipinski definition) is 2. The molecule has 1 unspecified atom stereocenters. The highest BCUT2D eigenvalue weighted by Gasteiger charge is 2.38. The lowest BCUT2D eigenvalue weighted by Crippen LogP contribution is -2.40. The van der Waals surface area contributed by atoms with E-state index in [1.165, 1.54) is 6.42 Å². The van der Waals surface area contributed by atoms with Crippen LogP contribution in [0.2, 0.25) is 0 Å². The van der Waals surface area contributed by atoms with Crippen LogP contribution in [0.15, 0.2) is 30.6 Å². The van der Waals surface area contributed by atoms with Crippen molar-refractivity contribution < 1.29 is 5.11 Å². The lowest BCUT2D eigenvalue weighted by atomic mass is 9.78. The molecule has 0 aliphatic heterocycles. The molecule has 1 fully saturated rings. The van der Waals surface area contributed by atoms with E-state index in [1.807, 2.05) is 24.5 Å². The summed E-state index contributed by atoms with van der Waals surface area (Å²) in [5, 5.41) is 12.3. The van der Waals surface area contributed by atoms with Crippen molar-refractivity contribution in [3.05, 3.63) is 30.6 Å². The summed E-state index contributed by atoms with van der Waals surface area (Å²) in [6.45, 7) is 2.13. The standard InChI is InChI=1S/C19H24N4O/c1-2-15(19(24)10-6-3-7-11-19)23-12-21-16-17(23)13-8-4-5-9-14(13)22-18(16)20/h4-5,8-9,12,15,24H,2-3,6-7,10-11H2,1H3,(H2,20,22). The normalized spacial score (nSPS) is 18.9. The molecule has 0 bridgehead atoms. The first-order valence-electron chi connectivity index (χ1n) is 8.87. The fraction of sp³-hybridized carbons (Fsp3) is 0.474. The van der Waals surface area contributed by atoms with Crippen molar-refractivity contribution in [2.75, 3.05) is 5.73 Å². The highest BCUT2D eigenvalue weighted by molar-refractivity contribution is 6.06. The molecule has 5 nitrogen and oxygen atoms in total. The van der Waals surface area contributed by atoms with E-state index in [4.69, 9.17) is 5.73 Å². The molecule has 1 aromatic carbocycles. The number of pyridine rings is 1. The average Bonchev–Trinajstić information content (AvgIpc) is 3.02. The van der Waals surface area contributed by atoms with Crippen LogP contribution in [0, 0.1) is 0 Å². The summed E-state index contributed by atoms with van der Waals surface area (Å²) >= 11 is 0. The number of anilines is 1. The molecule has 0 spiro atoms. The Morgan fingerprint density at radius 3 is 2.75 bits per heavy atom. The van der Waals surface area contributed by atoms with Gasteiger partial charge in [0.15, 0.2) is 5.82 Å². The lowest BCUT2D eigenvalue weighted by Gasteiger charge is -2.39. The van der Waals surface area contributed by atoms with E-state index in [-0.39, 0.29) is 6.04 Å². The molecule has 1 saturated carbocycles. The van der Waals surface area contributed by atoms with Crippen molar-refractivity contribution in [2.24, 2.45) is 0 Å². The van der Waals surface area contributed by atoms with E-state index >= 15 is 0 Å². The van der Waals surface area contributed by atoms with Crippen LogP contribution in [0.3, 0.4) is 0 Å². The van der Waals surface area contributed by atoms with Crippen molar-refractivity contribution in [1.82, 2.24) is 14.5 Å². The van der Waals surface area contributed by atoms with Crippen LogP contribution in [0.25, 0.3) is 21.9 Å². The quantitative estimate of drug-likeness (QED) is 0.768. The lowest BCUT2D eigenvalue weighted by molar-refractivity contribution is -0.0433. The number of hydrogen-bond acceptors (Lipinski definition) is 4. The number of imidazole rings is 1. The van der Waals surface area contributed by atoms with E-state index in [0.717, 1.165) is 54.0 Å². The van der Waals surface area contributed by atoms with Crippen LogP contribution in [0.1, 0.15) is 51.5 Å². The van der Waals surface area contributed by atoms with Gasteiger partial charge in [0, 0.05) is 5.39 Å². The van der Waals surface area contributed by atoms with Gasteiger partial charge in [-0.2, -0.15) is 0 Å². The summed E-state index contributed by atoms with van der Waals surface area (Å²) in [7, 11) is 0. The van der Waals surface area contributed by atoms with Crippen LogP contribution in [0.5, 0.6) is 0 Å². The van der Waals surface area contributed by atoms with Gasteiger partial charge in [0.1, 0.15) is 5.52 Å². The SMILES string of the molecule is CCC(n1cnc2c(N)nc3ccccc3c21)C1(O)CCCCC1. The Kier molecular flexibility index (Phi) is 3.68. The molecule has 1 aliphatic rings. The molecule has 0 amide bonds. The number of aliphatic hydroxyl groups is 1. The Labute approximate surface area is 141 Å². The number of nitrogens with two attached hydrogens (primary N) is 1. The molecule has 3 N–H and O–H groups in total. The van der Waals surface area contributed by atoms with Gasteiger partial charge in [0.2, 0.25) is 0 Å². The molecule has 3 aromatic rings. The van der Waals surface area contributed by atoms with Crippen LogP contribution >= 0.6 is 0 Å². The summed E-state index contributed by atoms with van der Waals surface area (Å²) < 4.78 is 2.14. The summed E-state index contributed by atoms with van der Waals surface area (Å²) in [5.74, 6) is 0.452. The number of nitrogens with zero attached hydrogens (tertiary/aromatic N) is 3. The van der Waals surface area contributed by atoms with Crippen LogP contribution in [0.4, 0.5) is 5.82 Å². The first-order chi connectivity index (χ1) is 11.6. The van der Waals surface area contributed by atoms with Crippen molar-refractivity contribution in [3.63, 3.8) is 0 Å². The summed E-state index contributed by atoms with van der Waals surface area (Å²) in [4.78, 5) is 9.00. The zero-order valence-electron chi connectivity index (χ0n) is 14.1. The van der Waals surface area contributed by atoms with Crippen LogP contribution in [-0.2, 0) is 0 Å². The zero-order valence-corrected chi connectivity index (χ0v) is 14.1. The molecule has 24 heavy (non-hydrogen) atoms. The molecule has 0 saturated heterocycles. The topological polar surface area (TPSA) is 77.0 Å². The maximum atomic E-state index is 11.3. The van der Waals surface area contributed by atoms with Crippen LogP contribution < -0.4 is 5.73 Å². The molecular weight excluding hydrogens is 300 g/mol. The molecule has 4 rings (SSSR count). The summed E-state index contributed by atoms with van der Waals surface area (Å²) in [6, 6.07) is 8.01. The van der Waals surface area contributed by atoms with E-state index in [9.17, 15) is 5.11 Å². The Morgan fingerprint density at radius 1 is 1.25 bits per heavy atom. The third-order valence-corrected chi connectivity index (χ3v) is 5.50. The Balaban J connectivity index is 1.95.